The van der Waals surface area contributed by atoms with Crippen molar-refractivity contribution in [3.63, 3.8) is 0 Å². The lowest BCUT2D eigenvalue weighted by Gasteiger charge is -2.06. The minimum Gasteiger partial charge on any atom is -0.492 e. The molecule has 0 radical (unpaired) electrons. The first-order chi connectivity index (χ1) is 6.24. The Labute approximate surface area is 89.8 Å². The van der Waals surface area contributed by atoms with Crippen LogP contribution in [0, 0.1) is 5.82 Å². The summed E-state index contributed by atoms with van der Waals surface area (Å²) in [6.45, 7) is 0.644. The summed E-state index contributed by atoms with van der Waals surface area (Å²) < 4.78 is 18.7. The molecule has 1 rings (SSSR count). The van der Waals surface area contributed by atoms with Crippen molar-refractivity contribution in [1.82, 2.24) is 0 Å². The molecule has 0 N–H and O–H groups in total. The van der Waals surface area contributed by atoms with Gasteiger partial charge in [-0.3, -0.25) is 0 Å². The average molecular weight is 265 g/mol. The molecule has 0 saturated carbocycles. The van der Waals surface area contributed by atoms with Crippen LogP contribution >= 0.6 is 27.7 Å². The van der Waals surface area contributed by atoms with Gasteiger partial charge in [0.1, 0.15) is 11.6 Å². The second-order valence-electron chi connectivity index (χ2n) is 2.42. The Kier molecular flexibility index (Phi) is 4.59. The molecule has 0 spiro atoms. The van der Waals surface area contributed by atoms with E-state index in [1.54, 1.807) is 17.8 Å². The van der Waals surface area contributed by atoms with Crippen molar-refractivity contribution in [3.05, 3.63) is 28.5 Å². The number of hydrogen-bond donors (Lipinski definition) is 0. The highest BCUT2D eigenvalue weighted by molar-refractivity contribution is 9.10. The number of thioether (sulfide) groups is 1. The van der Waals surface area contributed by atoms with E-state index in [0.717, 1.165) is 5.75 Å². The van der Waals surface area contributed by atoms with E-state index in [4.69, 9.17) is 4.74 Å². The van der Waals surface area contributed by atoms with Crippen LogP contribution in [0.3, 0.4) is 0 Å². The van der Waals surface area contributed by atoms with E-state index in [1.807, 2.05) is 6.26 Å². The zero-order valence-corrected chi connectivity index (χ0v) is 9.62. The van der Waals surface area contributed by atoms with Gasteiger partial charge in [-0.1, -0.05) is 0 Å². The molecule has 13 heavy (non-hydrogen) atoms. The van der Waals surface area contributed by atoms with Crippen molar-refractivity contribution in [3.8, 4) is 5.75 Å². The second kappa shape index (κ2) is 5.50. The highest BCUT2D eigenvalue weighted by atomic mass is 79.9. The quantitative estimate of drug-likeness (QED) is 0.772. The maximum Gasteiger partial charge on any atom is 0.133 e. The summed E-state index contributed by atoms with van der Waals surface area (Å²) in [5.74, 6) is 1.36. The minimum absolute atomic E-state index is 0.260. The van der Waals surface area contributed by atoms with Gasteiger partial charge in [0.05, 0.1) is 11.1 Å². The molecule has 0 aromatic heterocycles. The number of halogens is 2. The van der Waals surface area contributed by atoms with Crippen molar-refractivity contribution in [2.24, 2.45) is 0 Å². The largest absolute Gasteiger partial charge is 0.492 e. The summed E-state index contributed by atoms with van der Waals surface area (Å²) in [6, 6.07) is 4.41. The molecule has 0 heterocycles. The molecular formula is C9H10BrFOS. The van der Waals surface area contributed by atoms with E-state index in [9.17, 15) is 4.39 Å². The van der Waals surface area contributed by atoms with E-state index < -0.39 is 0 Å². The number of benzene rings is 1. The SMILES string of the molecule is CSCCOc1ccc(F)cc1Br. The zero-order valence-electron chi connectivity index (χ0n) is 7.22. The molecule has 0 aliphatic carbocycles. The lowest BCUT2D eigenvalue weighted by molar-refractivity contribution is 0.341. The van der Waals surface area contributed by atoms with Crippen molar-refractivity contribution < 1.29 is 9.13 Å². The lowest BCUT2D eigenvalue weighted by Crippen LogP contribution is -2.00. The predicted octanol–water partition coefficient (Wildman–Crippen LogP) is 3.33. The Morgan fingerprint density at radius 1 is 1.54 bits per heavy atom. The smallest absolute Gasteiger partial charge is 0.133 e. The fourth-order valence-corrected chi connectivity index (χ4v) is 1.54. The molecular weight excluding hydrogens is 255 g/mol. The topological polar surface area (TPSA) is 9.23 Å². The monoisotopic (exact) mass is 264 g/mol. The van der Waals surface area contributed by atoms with E-state index in [0.29, 0.717) is 16.8 Å². The molecule has 0 unspecified atom stereocenters. The molecule has 0 fully saturated rings. The molecule has 0 aliphatic heterocycles. The van der Waals surface area contributed by atoms with Gasteiger partial charge in [0.15, 0.2) is 0 Å². The van der Waals surface area contributed by atoms with Gasteiger partial charge in [-0.2, -0.15) is 11.8 Å². The summed E-state index contributed by atoms with van der Waals surface area (Å²) in [4.78, 5) is 0. The third-order valence-electron chi connectivity index (χ3n) is 1.44. The number of rotatable bonds is 4. The Hall–Kier alpha value is -0.220. The summed E-state index contributed by atoms with van der Waals surface area (Å²) >= 11 is 4.94. The predicted molar refractivity (Wildman–Crippen MR) is 58.0 cm³/mol. The third kappa shape index (κ3) is 3.56. The van der Waals surface area contributed by atoms with Gasteiger partial charge in [0.25, 0.3) is 0 Å². The standard InChI is InChI=1S/C9H10BrFOS/c1-13-5-4-12-9-3-2-7(11)6-8(9)10/h2-3,6H,4-5H2,1H3. The van der Waals surface area contributed by atoms with Crippen LogP contribution in [0.25, 0.3) is 0 Å². The van der Waals surface area contributed by atoms with Crippen LogP contribution in [0.4, 0.5) is 4.39 Å². The van der Waals surface area contributed by atoms with Crippen LogP contribution in [0.5, 0.6) is 5.75 Å². The van der Waals surface area contributed by atoms with Gasteiger partial charge in [-0.05, 0) is 40.4 Å². The first-order valence-electron chi connectivity index (χ1n) is 3.81. The van der Waals surface area contributed by atoms with Crippen molar-refractivity contribution in [2.45, 2.75) is 0 Å². The van der Waals surface area contributed by atoms with Crippen LogP contribution in [0.1, 0.15) is 0 Å². The Balaban J connectivity index is 2.56. The van der Waals surface area contributed by atoms with Crippen LogP contribution in [0.15, 0.2) is 22.7 Å². The molecule has 0 bridgehead atoms. The normalized spacial score (nSPS) is 10.1. The molecule has 1 nitrogen and oxygen atoms in total. The van der Waals surface area contributed by atoms with Crippen LogP contribution < -0.4 is 4.74 Å². The van der Waals surface area contributed by atoms with E-state index >= 15 is 0 Å². The Morgan fingerprint density at radius 2 is 2.31 bits per heavy atom. The Bertz CT molecular complexity index is 280. The van der Waals surface area contributed by atoms with Gasteiger partial charge in [-0.15, -0.1) is 0 Å². The second-order valence-corrected chi connectivity index (χ2v) is 4.26. The fourth-order valence-electron chi connectivity index (χ4n) is 0.827. The molecule has 1 aromatic carbocycles. The summed E-state index contributed by atoms with van der Waals surface area (Å²) in [6.07, 6.45) is 2.02. The van der Waals surface area contributed by atoms with Crippen molar-refractivity contribution >= 4 is 27.7 Å². The van der Waals surface area contributed by atoms with Crippen LogP contribution in [-0.4, -0.2) is 18.6 Å². The highest BCUT2D eigenvalue weighted by Crippen LogP contribution is 2.25. The summed E-state index contributed by atoms with van der Waals surface area (Å²) in [5, 5.41) is 0. The molecule has 0 amide bonds. The van der Waals surface area contributed by atoms with E-state index in [2.05, 4.69) is 15.9 Å². The summed E-state index contributed by atoms with van der Waals surface area (Å²) in [7, 11) is 0. The van der Waals surface area contributed by atoms with Crippen LogP contribution in [0.2, 0.25) is 0 Å². The first-order valence-corrected chi connectivity index (χ1v) is 5.99. The maximum atomic E-state index is 12.6. The van der Waals surface area contributed by atoms with Crippen molar-refractivity contribution in [1.29, 1.82) is 0 Å². The average Bonchev–Trinajstić information content (AvgIpc) is 2.09. The maximum absolute atomic E-state index is 12.6. The molecule has 0 aliphatic rings. The van der Waals surface area contributed by atoms with E-state index in [1.165, 1.54) is 12.1 Å². The highest BCUT2D eigenvalue weighted by Gasteiger charge is 2.01. The van der Waals surface area contributed by atoms with E-state index in [-0.39, 0.29) is 5.82 Å². The van der Waals surface area contributed by atoms with Gasteiger partial charge in [0.2, 0.25) is 0 Å². The third-order valence-corrected chi connectivity index (χ3v) is 2.63. The van der Waals surface area contributed by atoms with Crippen LogP contribution in [-0.2, 0) is 0 Å². The molecule has 1 aromatic rings. The molecule has 72 valence electrons. The number of hydrogen-bond acceptors (Lipinski definition) is 2. The minimum atomic E-state index is -0.260. The molecule has 0 atom stereocenters. The fraction of sp³-hybridized carbons (Fsp3) is 0.333. The van der Waals surface area contributed by atoms with Gasteiger partial charge in [-0.25, -0.2) is 4.39 Å². The lowest BCUT2D eigenvalue weighted by atomic mass is 10.3. The van der Waals surface area contributed by atoms with Gasteiger partial charge in [0, 0.05) is 5.75 Å². The molecule has 0 saturated heterocycles. The zero-order chi connectivity index (χ0) is 9.68. The Morgan fingerprint density at radius 3 is 2.92 bits per heavy atom. The van der Waals surface area contributed by atoms with Crippen molar-refractivity contribution in [2.75, 3.05) is 18.6 Å². The summed E-state index contributed by atoms with van der Waals surface area (Å²) in [5.41, 5.74) is 0. The first kappa shape index (κ1) is 10.9. The van der Waals surface area contributed by atoms with Gasteiger partial charge >= 0.3 is 0 Å². The van der Waals surface area contributed by atoms with Gasteiger partial charge < -0.3 is 4.74 Å². The number of ether oxygens (including phenoxy) is 1. The molecule has 4 heteroatoms.